The maximum atomic E-state index is 11.6. The topological polar surface area (TPSA) is 79.5 Å². The number of nitrogens with one attached hydrogen (secondary N) is 3. The van der Waals surface area contributed by atoms with E-state index in [0.29, 0.717) is 23.9 Å². The number of urea groups is 1. The van der Waals surface area contributed by atoms with Crippen LogP contribution in [-0.4, -0.2) is 25.3 Å². The minimum Gasteiger partial charge on any atom is -0.450 e. The molecule has 3 amide bonds. The Bertz CT molecular complexity index is 469. The second-order valence-corrected chi connectivity index (χ2v) is 4.70. The molecule has 1 aliphatic carbocycles. The van der Waals surface area contributed by atoms with Gasteiger partial charge in [0.1, 0.15) is 0 Å². The Balaban J connectivity index is 1.77. The van der Waals surface area contributed by atoms with Crippen molar-refractivity contribution in [2.45, 2.75) is 19.8 Å². The van der Waals surface area contributed by atoms with Crippen molar-refractivity contribution in [1.29, 1.82) is 0 Å². The first-order valence-corrected chi connectivity index (χ1v) is 6.76. The molecule has 1 aromatic rings. The van der Waals surface area contributed by atoms with Crippen LogP contribution < -0.4 is 16.0 Å². The number of carbonyl (C=O) groups excluding carboxylic acids is 2. The van der Waals surface area contributed by atoms with E-state index < -0.39 is 6.09 Å². The minimum absolute atomic E-state index is 0.206. The molecule has 0 unspecified atom stereocenters. The first-order chi connectivity index (χ1) is 9.67. The van der Waals surface area contributed by atoms with Gasteiger partial charge in [0.05, 0.1) is 6.61 Å². The average Bonchev–Trinajstić information content (AvgIpc) is 3.23. The summed E-state index contributed by atoms with van der Waals surface area (Å²) in [5.41, 5.74) is 1.29. The Kier molecular flexibility index (Phi) is 4.81. The first-order valence-electron chi connectivity index (χ1n) is 6.76. The lowest BCUT2D eigenvalue weighted by Gasteiger charge is -2.08. The number of hydrogen-bond acceptors (Lipinski definition) is 3. The number of ether oxygens (including phenoxy) is 1. The summed E-state index contributed by atoms with van der Waals surface area (Å²) in [6, 6.07) is 6.64. The van der Waals surface area contributed by atoms with E-state index in [-0.39, 0.29) is 6.03 Å². The van der Waals surface area contributed by atoms with E-state index in [1.54, 1.807) is 31.2 Å². The van der Waals surface area contributed by atoms with Crippen LogP contribution in [0.2, 0.25) is 0 Å². The zero-order valence-corrected chi connectivity index (χ0v) is 11.4. The van der Waals surface area contributed by atoms with Gasteiger partial charge in [0.25, 0.3) is 0 Å². The highest BCUT2D eigenvalue weighted by Gasteiger charge is 2.21. The third kappa shape index (κ3) is 4.79. The van der Waals surface area contributed by atoms with Gasteiger partial charge in [-0.3, -0.25) is 5.32 Å². The van der Waals surface area contributed by atoms with Crippen LogP contribution >= 0.6 is 0 Å². The molecule has 3 N–H and O–H groups in total. The summed E-state index contributed by atoms with van der Waals surface area (Å²) in [6.07, 6.45) is 1.92. The Morgan fingerprint density at radius 3 is 2.30 bits per heavy atom. The highest BCUT2D eigenvalue weighted by molar-refractivity contribution is 5.90. The lowest BCUT2D eigenvalue weighted by atomic mass is 10.3. The molecular formula is C14H19N3O3. The third-order valence-electron chi connectivity index (χ3n) is 2.91. The fraction of sp³-hybridized carbons (Fsp3) is 0.429. The molecule has 0 atom stereocenters. The number of hydrogen-bond donors (Lipinski definition) is 3. The summed E-state index contributed by atoms with van der Waals surface area (Å²) in [5.74, 6) is 0.650. The van der Waals surface area contributed by atoms with Gasteiger partial charge in [-0.25, -0.2) is 9.59 Å². The maximum Gasteiger partial charge on any atom is 0.411 e. The van der Waals surface area contributed by atoms with Crippen LogP contribution in [0.25, 0.3) is 0 Å². The average molecular weight is 277 g/mol. The van der Waals surface area contributed by atoms with Crippen LogP contribution in [0.1, 0.15) is 19.8 Å². The molecule has 108 valence electrons. The van der Waals surface area contributed by atoms with Crippen LogP contribution in [0.5, 0.6) is 0 Å². The van der Waals surface area contributed by atoms with Gasteiger partial charge in [0, 0.05) is 17.9 Å². The molecule has 0 bridgehead atoms. The Hall–Kier alpha value is -2.24. The molecule has 0 aromatic heterocycles. The Morgan fingerprint density at radius 2 is 1.75 bits per heavy atom. The maximum absolute atomic E-state index is 11.6. The second-order valence-electron chi connectivity index (χ2n) is 4.70. The zero-order valence-electron chi connectivity index (χ0n) is 11.4. The normalized spacial score (nSPS) is 13.4. The monoisotopic (exact) mass is 277 g/mol. The molecule has 0 saturated heterocycles. The highest BCUT2D eigenvalue weighted by Crippen LogP contribution is 2.27. The summed E-state index contributed by atoms with van der Waals surface area (Å²) in [5, 5.41) is 8.14. The van der Waals surface area contributed by atoms with Gasteiger partial charge < -0.3 is 15.4 Å². The molecule has 20 heavy (non-hydrogen) atoms. The van der Waals surface area contributed by atoms with Gasteiger partial charge in [0.2, 0.25) is 0 Å². The standard InChI is InChI=1S/C14H19N3O3/c1-2-20-14(19)17-12-7-5-11(6-8-12)16-13(18)15-9-10-3-4-10/h5-8,10H,2-4,9H2,1H3,(H,17,19)(H2,15,16,18). The van der Waals surface area contributed by atoms with Crippen molar-refractivity contribution in [2.24, 2.45) is 5.92 Å². The number of carbonyl (C=O) groups is 2. The molecule has 1 aliphatic rings. The van der Waals surface area contributed by atoms with E-state index in [9.17, 15) is 9.59 Å². The summed E-state index contributed by atoms with van der Waals surface area (Å²) in [4.78, 5) is 22.8. The zero-order chi connectivity index (χ0) is 14.4. The lowest BCUT2D eigenvalue weighted by molar-refractivity contribution is 0.168. The van der Waals surface area contributed by atoms with Crippen LogP contribution in [0, 0.1) is 5.92 Å². The van der Waals surface area contributed by atoms with Gasteiger partial charge in [-0.15, -0.1) is 0 Å². The minimum atomic E-state index is -0.490. The summed E-state index contributed by atoms with van der Waals surface area (Å²) >= 11 is 0. The summed E-state index contributed by atoms with van der Waals surface area (Å²) < 4.78 is 4.77. The molecule has 6 nitrogen and oxygen atoms in total. The number of amides is 3. The van der Waals surface area contributed by atoms with Crippen molar-refractivity contribution in [3.63, 3.8) is 0 Å². The smallest absolute Gasteiger partial charge is 0.411 e. The SMILES string of the molecule is CCOC(=O)Nc1ccc(NC(=O)NCC2CC2)cc1. The van der Waals surface area contributed by atoms with E-state index in [2.05, 4.69) is 16.0 Å². The molecule has 0 aliphatic heterocycles. The van der Waals surface area contributed by atoms with Crippen molar-refractivity contribution in [2.75, 3.05) is 23.8 Å². The van der Waals surface area contributed by atoms with Crippen molar-refractivity contribution in [3.05, 3.63) is 24.3 Å². The number of rotatable bonds is 5. The molecule has 0 heterocycles. The fourth-order valence-corrected chi connectivity index (χ4v) is 1.66. The molecule has 6 heteroatoms. The van der Waals surface area contributed by atoms with E-state index in [4.69, 9.17) is 4.74 Å². The Morgan fingerprint density at radius 1 is 1.15 bits per heavy atom. The summed E-state index contributed by atoms with van der Waals surface area (Å²) in [6.45, 7) is 2.80. The molecule has 1 aromatic carbocycles. The molecule has 1 saturated carbocycles. The van der Waals surface area contributed by atoms with Gasteiger partial charge in [-0.2, -0.15) is 0 Å². The van der Waals surface area contributed by atoms with Gasteiger partial charge in [-0.1, -0.05) is 0 Å². The lowest BCUT2D eigenvalue weighted by Crippen LogP contribution is -2.30. The molecular weight excluding hydrogens is 258 g/mol. The van der Waals surface area contributed by atoms with Crippen molar-refractivity contribution in [1.82, 2.24) is 5.32 Å². The number of anilines is 2. The summed E-state index contributed by atoms with van der Waals surface area (Å²) in [7, 11) is 0. The van der Waals surface area contributed by atoms with Gasteiger partial charge in [0.15, 0.2) is 0 Å². The van der Waals surface area contributed by atoms with Gasteiger partial charge >= 0.3 is 12.1 Å². The fourth-order valence-electron chi connectivity index (χ4n) is 1.66. The second kappa shape index (κ2) is 6.79. The van der Waals surface area contributed by atoms with Crippen molar-refractivity contribution >= 4 is 23.5 Å². The van der Waals surface area contributed by atoms with Crippen molar-refractivity contribution in [3.8, 4) is 0 Å². The predicted octanol–water partition coefficient (Wildman–Crippen LogP) is 2.79. The Labute approximate surface area is 117 Å². The first kappa shape index (κ1) is 14.2. The third-order valence-corrected chi connectivity index (χ3v) is 2.91. The van der Waals surface area contributed by atoms with E-state index >= 15 is 0 Å². The molecule has 2 rings (SSSR count). The quantitative estimate of drug-likeness (QED) is 0.774. The van der Waals surface area contributed by atoms with E-state index in [0.717, 1.165) is 6.54 Å². The van der Waals surface area contributed by atoms with Gasteiger partial charge in [-0.05, 0) is 49.9 Å². The van der Waals surface area contributed by atoms with E-state index in [1.165, 1.54) is 12.8 Å². The van der Waals surface area contributed by atoms with Crippen molar-refractivity contribution < 1.29 is 14.3 Å². The van der Waals surface area contributed by atoms with E-state index in [1.807, 2.05) is 0 Å². The van der Waals surface area contributed by atoms with Crippen LogP contribution in [0.15, 0.2) is 24.3 Å². The number of benzene rings is 1. The predicted molar refractivity (Wildman–Crippen MR) is 76.8 cm³/mol. The van der Waals surface area contributed by atoms with Crippen LogP contribution in [0.3, 0.4) is 0 Å². The van der Waals surface area contributed by atoms with Crippen LogP contribution in [0.4, 0.5) is 21.0 Å². The molecule has 0 spiro atoms. The largest absolute Gasteiger partial charge is 0.450 e. The molecule has 0 radical (unpaired) electrons. The molecule has 1 fully saturated rings. The highest BCUT2D eigenvalue weighted by atomic mass is 16.5. The van der Waals surface area contributed by atoms with Crippen LogP contribution in [-0.2, 0) is 4.74 Å².